The van der Waals surface area contributed by atoms with Crippen LogP contribution < -0.4 is 5.32 Å². The van der Waals surface area contributed by atoms with Crippen LogP contribution in [0.2, 0.25) is 0 Å². The van der Waals surface area contributed by atoms with Crippen LogP contribution in [-0.2, 0) is 0 Å². The molecule has 0 amide bonds. The summed E-state index contributed by atoms with van der Waals surface area (Å²) in [5.41, 5.74) is 2.12. The second kappa shape index (κ2) is 3.79. The number of oxazole rings is 1. The molecular formula is C12H14N2O2. The van der Waals surface area contributed by atoms with Gasteiger partial charge in [0, 0.05) is 11.6 Å². The Morgan fingerprint density at radius 1 is 1.38 bits per heavy atom. The number of aromatic hydroxyl groups is 1. The molecule has 0 radical (unpaired) electrons. The van der Waals surface area contributed by atoms with E-state index in [9.17, 15) is 5.11 Å². The van der Waals surface area contributed by atoms with Crippen molar-refractivity contribution in [2.45, 2.75) is 25.3 Å². The topological polar surface area (TPSA) is 58.3 Å². The van der Waals surface area contributed by atoms with E-state index in [2.05, 4.69) is 10.3 Å². The molecule has 4 heteroatoms. The lowest BCUT2D eigenvalue weighted by atomic mass is 9.96. The van der Waals surface area contributed by atoms with Gasteiger partial charge in [-0.1, -0.05) is 12.5 Å². The Balaban J connectivity index is 2.05. The van der Waals surface area contributed by atoms with Crippen LogP contribution in [0.25, 0.3) is 11.1 Å². The zero-order valence-electron chi connectivity index (χ0n) is 8.94. The number of rotatable bonds is 1. The van der Waals surface area contributed by atoms with E-state index in [4.69, 9.17) is 4.42 Å². The minimum Gasteiger partial charge on any atom is -0.504 e. The normalized spacial score (nSPS) is 21.4. The molecule has 1 atom stereocenters. The molecule has 1 aromatic carbocycles. The number of piperidine rings is 1. The quantitative estimate of drug-likeness (QED) is 0.771. The zero-order chi connectivity index (χ0) is 11.0. The summed E-state index contributed by atoms with van der Waals surface area (Å²) in [5.74, 6) is 0.231. The molecule has 2 N–H and O–H groups in total. The highest BCUT2D eigenvalue weighted by Crippen LogP contribution is 2.34. The largest absolute Gasteiger partial charge is 0.504 e. The van der Waals surface area contributed by atoms with Crippen LogP contribution in [0, 0.1) is 0 Å². The summed E-state index contributed by atoms with van der Waals surface area (Å²) in [6.07, 6.45) is 4.84. The van der Waals surface area contributed by atoms with Gasteiger partial charge in [-0.3, -0.25) is 0 Å². The number of nitrogens with zero attached hydrogens (tertiary/aromatic N) is 1. The van der Waals surface area contributed by atoms with Gasteiger partial charge in [0.1, 0.15) is 5.52 Å². The van der Waals surface area contributed by atoms with E-state index < -0.39 is 0 Å². The fraction of sp³-hybridized carbons (Fsp3) is 0.417. The van der Waals surface area contributed by atoms with Crippen molar-refractivity contribution < 1.29 is 9.52 Å². The number of aromatic nitrogens is 1. The maximum atomic E-state index is 10.1. The van der Waals surface area contributed by atoms with Crippen LogP contribution in [0.5, 0.6) is 5.75 Å². The van der Waals surface area contributed by atoms with E-state index in [0.717, 1.165) is 18.5 Å². The number of phenolic OH excluding ortho intramolecular Hbond substituents is 1. The van der Waals surface area contributed by atoms with E-state index >= 15 is 0 Å². The lowest BCUT2D eigenvalue weighted by Gasteiger charge is -2.24. The molecule has 0 bridgehead atoms. The Morgan fingerprint density at radius 2 is 2.31 bits per heavy atom. The lowest BCUT2D eigenvalue weighted by molar-refractivity contribution is 0.389. The molecule has 0 saturated carbocycles. The highest BCUT2D eigenvalue weighted by atomic mass is 16.4. The molecule has 2 aromatic rings. The van der Waals surface area contributed by atoms with Crippen molar-refractivity contribution in [3.63, 3.8) is 0 Å². The molecule has 1 aliphatic rings. The van der Waals surface area contributed by atoms with Gasteiger partial charge in [0.05, 0.1) is 0 Å². The Labute approximate surface area is 93.3 Å². The molecule has 1 unspecified atom stereocenters. The van der Waals surface area contributed by atoms with Crippen molar-refractivity contribution in [3.05, 3.63) is 24.1 Å². The number of nitrogens with one attached hydrogen (secondary N) is 1. The molecule has 2 heterocycles. The van der Waals surface area contributed by atoms with Crippen molar-refractivity contribution in [1.82, 2.24) is 10.3 Å². The van der Waals surface area contributed by atoms with Crippen molar-refractivity contribution in [3.8, 4) is 5.75 Å². The number of hydrogen-bond donors (Lipinski definition) is 2. The van der Waals surface area contributed by atoms with Gasteiger partial charge in [0.25, 0.3) is 0 Å². The van der Waals surface area contributed by atoms with Crippen LogP contribution in [0.4, 0.5) is 0 Å². The second-order valence-corrected chi connectivity index (χ2v) is 4.21. The average Bonchev–Trinajstić information content (AvgIpc) is 2.80. The van der Waals surface area contributed by atoms with Gasteiger partial charge in [0.15, 0.2) is 17.7 Å². The first-order valence-electron chi connectivity index (χ1n) is 5.65. The van der Waals surface area contributed by atoms with Gasteiger partial charge in [-0.2, -0.15) is 0 Å². The molecular weight excluding hydrogens is 204 g/mol. The molecule has 0 aliphatic carbocycles. The predicted octanol–water partition coefficient (Wildman–Crippen LogP) is 2.35. The lowest BCUT2D eigenvalue weighted by Crippen LogP contribution is -2.26. The third kappa shape index (κ3) is 1.46. The summed E-state index contributed by atoms with van der Waals surface area (Å²) >= 11 is 0. The fourth-order valence-corrected chi connectivity index (χ4v) is 2.33. The Kier molecular flexibility index (Phi) is 2.29. The average molecular weight is 218 g/mol. The molecule has 16 heavy (non-hydrogen) atoms. The summed E-state index contributed by atoms with van der Waals surface area (Å²) < 4.78 is 5.19. The van der Waals surface area contributed by atoms with E-state index in [1.807, 2.05) is 12.1 Å². The minimum atomic E-state index is 0.231. The molecule has 4 nitrogen and oxygen atoms in total. The number of phenols is 1. The molecule has 1 saturated heterocycles. The maximum absolute atomic E-state index is 10.1. The fourth-order valence-electron chi connectivity index (χ4n) is 2.33. The molecule has 84 valence electrons. The highest BCUT2D eigenvalue weighted by molar-refractivity contribution is 5.80. The van der Waals surface area contributed by atoms with Gasteiger partial charge in [-0.05, 0) is 25.5 Å². The highest BCUT2D eigenvalue weighted by Gasteiger charge is 2.20. The van der Waals surface area contributed by atoms with Gasteiger partial charge in [-0.15, -0.1) is 0 Å². The SMILES string of the molecule is Oc1c(C2CCCCN2)ccc2ncoc12. The van der Waals surface area contributed by atoms with Crippen LogP contribution in [0.3, 0.4) is 0 Å². The number of hydrogen-bond acceptors (Lipinski definition) is 4. The van der Waals surface area contributed by atoms with Crippen LogP contribution in [0.1, 0.15) is 30.9 Å². The monoisotopic (exact) mass is 218 g/mol. The van der Waals surface area contributed by atoms with E-state index in [-0.39, 0.29) is 11.8 Å². The van der Waals surface area contributed by atoms with Crippen molar-refractivity contribution in [2.75, 3.05) is 6.54 Å². The van der Waals surface area contributed by atoms with Gasteiger partial charge < -0.3 is 14.8 Å². The number of benzene rings is 1. The first-order chi connectivity index (χ1) is 7.86. The van der Waals surface area contributed by atoms with E-state index in [1.165, 1.54) is 19.2 Å². The van der Waals surface area contributed by atoms with E-state index in [1.54, 1.807) is 0 Å². The summed E-state index contributed by atoms with van der Waals surface area (Å²) in [4.78, 5) is 4.02. The molecule has 1 fully saturated rings. The molecule has 1 aliphatic heterocycles. The smallest absolute Gasteiger partial charge is 0.196 e. The van der Waals surface area contributed by atoms with Crippen molar-refractivity contribution >= 4 is 11.1 Å². The van der Waals surface area contributed by atoms with Gasteiger partial charge in [-0.25, -0.2) is 4.98 Å². The van der Waals surface area contributed by atoms with Crippen molar-refractivity contribution in [2.24, 2.45) is 0 Å². The van der Waals surface area contributed by atoms with Crippen LogP contribution in [-0.4, -0.2) is 16.6 Å². The number of fused-ring (bicyclic) bond motifs is 1. The molecule has 1 aromatic heterocycles. The zero-order valence-corrected chi connectivity index (χ0v) is 8.94. The minimum absolute atomic E-state index is 0.231. The Hall–Kier alpha value is -1.55. The summed E-state index contributed by atoms with van der Waals surface area (Å²) in [7, 11) is 0. The molecule has 3 rings (SSSR count). The van der Waals surface area contributed by atoms with Gasteiger partial charge in [0.2, 0.25) is 0 Å². The van der Waals surface area contributed by atoms with Gasteiger partial charge >= 0.3 is 0 Å². The van der Waals surface area contributed by atoms with Crippen molar-refractivity contribution in [1.29, 1.82) is 0 Å². The summed E-state index contributed by atoms with van der Waals surface area (Å²) in [5, 5.41) is 13.5. The Bertz CT molecular complexity index is 501. The standard InChI is InChI=1S/C12H14N2O2/c15-11-8(9-3-1-2-6-13-9)4-5-10-12(11)16-7-14-10/h4-5,7,9,13,15H,1-3,6H2. The van der Waals surface area contributed by atoms with Crippen LogP contribution in [0.15, 0.2) is 22.9 Å². The first-order valence-corrected chi connectivity index (χ1v) is 5.65. The Morgan fingerprint density at radius 3 is 3.12 bits per heavy atom. The first kappa shape index (κ1) is 9.66. The summed E-state index contributed by atoms with van der Waals surface area (Å²) in [6, 6.07) is 4.07. The van der Waals surface area contributed by atoms with Crippen LogP contribution >= 0.6 is 0 Å². The third-order valence-corrected chi connectivity index (χ3v) is 3.19. The third-order valence-electron chi connectivity index (χ3n) is 3.19. The van der Waals surface area contributed by atoms with E-state index in [0.29, 0.717) is 11.1 Å². The maximum Gasteiger partial charge on any atom is 0.196 e. The predicted molar refractivity (Wildman–Crippen MR) is 60.3 cm³/mol. The molecule has 0 spiro atoms. The second-order valence-electron chi connectivity index (χ2n) is 4.21. The summed E-state index contributed by atoms with van der Waals surface area (Å²) in [6.45, 7) is 1.01.